The molecule has 1 fully saturated rings. The van der Waals surface area contributed by atoms with Crippen LogP contribution in [0, 0.1) is 12.3 Å². The summed E-state index contributed by atoms with van der Waals surface area (Å²) < 4.78 is 0. The van der Waals surface area contributed by atoms with Crippen LogP contribution in [-0.4, -0.2) is 17.7 Å². The van der Waals surface area contributed by atoms with Crippen molar-refractivity contribution >= 4 is 11.8 Å². The summed E-state index contributed by atoms with van der Waals surface area (Å²) in [5.41, 5.74) is 0. The van der Waals surface area contributed by atoms with Crippen molar-refractivity contribution in [3.63, 3.8) is 0 Å². The van der Waals surface area contributed by atoms with Crippen LogP contribution in [-0.2, 0) is 0 Å². The highest BCUT2D eigenvalue weighted by atomic mass is 32.2. The predicted octanol–water partition coefficient (Wildman–Crippen LogP) is 2.01. The van der Waals surface area contributed by atoms with Gasteiger partial charge in [-0.3, -0.25) is 0 Å². The van der Waals surface area contributed by atoms with Gasteiger partial charge in [-0.15, -0.1) is 18.2 Å². The van der Waals surface area contributed by atoms with Crippen molar-refractivity contribution in [1.82, 2.24) is 5.32 Å². The third-order valence-corrected chi connectivity index (χ3v) is 3.09. The molecule has 1 unspecified atom stereocenters. The van der Waals surface area contributed by atoms with Crippen molar-refractivity contribution in [2.24, 2.45) is 0 Å². The topological polar surface area (TPSA) is 12.0 Å². The molecule has 2 heteroatoms. The normalized spacial score (nSPS) is 23.1. The van der Waals surface area contributed by atoms with E-state index in [1.54, 1.807) is 6.08 Å². The van der Waals surface area contributed by atoms with Gasteiger partial charge in [0, 0.05) is 12.3 Å². The molecule has 0 aromatic carbocycles. The molecule has 1 aliphatic rings. The van der Waals surface area contributed by atoms with Crippen LogP contribution in [0.25, 0.3) is 0 Å². The highest BCUT2D eigenvalue weighted by Gasteiger charge is 2.12. The Morgan fingerprint density at radius 1 is 1.67 bits per heavy atom. The van der Waals surface area contributed by atoms with E-state index in [-0.39, 0.29) is 0 Å². The first-order chi connectivity index (χ1) is 5.93. The second kappa shape index (κ2) is 6.16. The fourth-order valence-corrected chi connectivity index (χ4v) is 2.33. The van der Waals surface area contributed by atoms with Crippen LogP contribution in [0.2, 0.25) is 0 Å². The average molecular weight is 181 g/mol. The van der Waals surface area contributed by atoms with Crippen molar-refractivity contribution in [2.45, 2.75) is 24.6 Å². The molecular formula is C10H15NS. The molecule has 1 heterocycles. The van der Waals surface area contributed by atoms with Gasteiger partial charge in [0.15, 0.2) is 0 Å². The van der Waals surface area contributed by atoms with E-state index in [0.29, 0.717) is 5.37 Å². The molecule has 1 rings (SSSR count). The molecule has 1 aliphatic heterocycles. The third-order valence-electron chi connectivity index (χ3n) is 1.84. The summed E-state index contributed by atoms with van der Waals surface area (Å²) in [6.07, 6.45) is 12.6. The minimum Gasteiger partial charge on any atom is -0.305 e. The van der Waals surface area contributed by atoms with Crippen LogP contribution in [0.1, 0.15) is 19.3 Å². The van der Waals surface area contributed by atoms with Crippen LogP contribution >= 0.6 is 11.8 Å². The Bertz CT molecular complexity index is 175. The summed E-state index contributed by atoms with van der Waals surface area (Å²) in [5, 5.41) is 4.14. The van der Waals surface area contributed by atoms with Crippen LogP contribution in [0.15, 0.2) is 12.2 Å². The number of hydrogen-bond donors (Lipinski definition) is 1. The first kappa shape index (κ1) is 9.70. The SMILES string of the molecule is C#C/C=C\CCCC1NCCS1. The van der Waals surface area contributed by atoms with Gasteiger partial charge in [-0.1, -0.05) is 12.0 Å². The van der Waals surface area contributed by atoms with Gasteiger partial charge in [0.25, 0.3) is 0 Å². The Labute approximate surface area is 79.0 Å². The lowest BCUT2D eigenvalue weighted by atomic mass is 10.2. The fourth-order valence-electron chi connectivity index (χ4n) is 1.24. The standard InChI is InChI=1S/C10H15NS/c1-2-3-4-5-6-7-10-11-8-9-12-10/h1,3-4,10-11H,5-9H2/b4-3-. The van der Waals surface area contributed by atoms with Gasteiger partial charge >= 0.3 is 0 Å². The zero-order chi connectivity index (χ0) is 8.65. The summed E-state index contributed by atoms with van der Waals surface area (Å²) >= 11 is 2.03. The van der Waals surface area contributed by atoms with Gasteiger partial charge in [0.2, 0.25) is 0 Å². The van der Waals surface area contributed by atoms with Crippen molar-refractivity contribution in [2.75, 3.05) is 12.3 Å². The zero-order valence-electron chi connectivity index (χ0n) is 7.25. The van der Waals surface area contributed by atoms with Crippen molar-refractivity contribution < 1.29 is 0 Å². The lowest BCUT2D eigenvalue weighted by Gasteiger charge is -2.06. The minimum atomic E-state index is 0.698. The van der Waals surface area contributed by atoms with Crippen molar-refractivity contribution in [3.8, 4) is 12.3 Å². The molecule has 0 saturated carbocycles. The lowest BCUT2D eigenvalue weighted by Crippen LogP contribution is -2.18. The zero-order valence-corrected chi connectivity index (χ0v) is 8.07. The lowest BCUT2D eigenvalue weighted by molar-refractivity contribution is 0.631. The molecule has 0 spiro atoms. The molecule has 0 bridgehead atoms. The first-order valence-corrected chi connectivity index (χ1v) is 5.44. The third kappa shape index (κ3) is 3.85. The van der Waals surface area contributed by atoms with Gasteiger partial charge in [-0.05, 0) is 25.3 Å². The van der Waals surface area contributed by atoms with Crippen molar-refractivity contribution in [3.05, 3.63) is 12.2 Å². The Balaban J connectivity index is 1.95. The summed E-state index contributed by atoms with van der Waals surface area (Å²) in [4.78, 5) is 0. The summed E-state index contributed by atoms with van der Waals surface area (Å²) in [6.45, 7) is 1.18. The quantitative estimate of drug-likeness (QED) is 0.526. The molecule has 0 radical (unpaired) electrons. The second-order valence-electron chi connectivity index (χ2n) is 2.81. The molecule has 1 saturated heterocycles. The first-order valence-electron chi connectivity index (χ1n) is 4.39. The van der Waals surface area contributed by atoms with Crippen LogP contribution in [0.3, 0.4) is 0 Å². The summed E-state index contributed by atoms with van der Waals surface area (Å²) in [7, 11) is 0. The highest BCUT2D eigenvalue weighted by Crippen LogP contribution is 2.18. The molecule has 0 aromatic rings. The number of rotatable bonds is 4. The van der Waals surface area contributed by atoms with E-state index < -0.39 is 0 Å². The van der Waals surface area contributed by atoms with E-state index in [2.05, 4.69) is 17.3 Å². The monoisotopic (exact) mass is 181 g/mol. The number of thioether (sulfide) groups is 1. The van der Waals surface area contributed by atoms with E-state index in [1.165, 1.54) is 25.1 Å². The van der Waals surface area contributed by atoms with E-state index in [0.717, 1.165) is 6.42 Å². The molecule has 0 amide bonds. The number of unbranched alkanes of at least 4 members (excludes halogenated alkanes) is 1. The Morgan fingerprint density at radius 3 is 3.25 bits per heavy atom. The maximum Gasteiger partial charge on any atom is 0.0533 e. The van der Waals surface area contributed by atoms with Crippen LogP contribution < -0.4 is 5.32 Å². The van der Waals surface area contributed by atoms with E-state index in [4.69, 9.17) is 6.42 Å². The Kier molecular flexibility index (Phi) is 4.98. The number of terminal acetylenes is 1. The maximum atomic E-state index is 5.08. The molecule has 66 valence electrons. The molecule has 1 atom stereocenters. The number of hydrogen-bond acceptors (Lipinski definition) is 2. The van der Waals surface area contributed by atoms with E-state index in [1.807, 2.05) is 11.8 Å². The van der Waals surface area contributed by atoms with Crippen LogP contribution in [0.4, 0.5) is 0 Å². The molecule has 1 nitrogen and oxygen atoms in total. The molecule has 0 aliphatic carbocycles. The van der Waals surface area contributed by atoms with Crippen LogP contribution in [0.5, 0.6) is 0 Å². The van der Waals surface area contributed by atoms with Gasteiger partial charge in [0.05, 0.1) is 5.37 Å². The van der Waals surface area contributed by atoms with Gasteiger partial charge in [0.1, 0.15) is 0 Å². The predicted molar refractivity (Wildman–Crippen MR) is 56.1 cm³/mol. The Hall–Kier alpha value is -0.390. The molecule has 12 heavy (non-hydrogen) atoms. The minimum absolute atomic E-state index is 0.698. The summed E-state index contributed by atoms with van der Waals surface area (Å²) in [5.74, 6) is 3.76. The molecule has 1 N–H and O–H groups in total. The summed E-state index contributed by atoms with van der Waals surface area (Å²) in [6, 6.07) is 0. The number of nitrogens with one attached hydrogen (secondary N) is 1. The van der Waals surface area contributed by atoms with E-state index in [9.17, 15) is 0 Å². The fraction of sp³-hybridized carbons (Fsp3) is 0.600. The molecule has 0 aromatic heterocycles. The molecular weight excluding hydrogens is 166 g/mol. The number of allylic oxidation sites excluding steroid dienone is 2. The van der Waals surface area contributed by atoms with Gasteiger partial charge in [-0.25, -0.2) is 0 Å². The van der Waals surface area contributed by atoms with E-state index >= 15 is 0 Å². The highest BCUT2D eigenvalue weighted by molar-refractivity contribution is 8.00. The largest absolute Gasteiger partial charge is 0.305 e. The smallest absolute Gasteiger partial charge is 0.0533 e. The maximum absolute atomic E-state index is 5.08. The van der Waals surface area contributed by atoms with Gasteiger partial charge < -0.3 is 5.32 Å². The Morgan fingerprint density at radius 2 is 2.58 bits per heavy atom. The second-order valence-corrected chi connectivity index (χ2v) is 4.12. The van der Waals surface area contributed by atoms with Crippen molar-refractivity contribution in [1.29, 1.82) is 0 Å². The average Bonchev–Trinajstić information content (AvgIpc) is 2.57. The van der Waals surface area contributed by atoms with Gasteiger partial charge in [-0.2, -0.15) is 0 Å².